The van der Waals surface area contributed by atoms with Gasteiger partial charge >= 0.3 is 12.1 Å². The number of likely N-dealkylation sites (tertiary alicyclic amines) is 1. The van der Waals surface area contributed by atoms with E-state index in [1.165, 1.54) is 0 Å². The highest BCUT2D eigenvalue weighted by molar-refractivity contribution is 5.84. The quantitative estimate of drug-likeness (QED) is 0.486. The van der Waals surface area contributed by atoms with Crippen LogP contribution in [-0.4, -0.2) is 57.4 Å². The molecule has 1 aliphatic rings. The first-order valence-corrected chi connectivity index (χ1v) is 9.74. The van der Waals surface area contributed by atoms with Gasteiger partial charge in [-0.2, -0.15) is 18.3 Å². The largest absolute Gasteiger partial charge is 0.490 e. The molecule has 0 aliphatic carbocycles. The Morgan fingerprint density at radius 3 is 2.56 bits per heavy atom. The Balaban J connectivity index is 0.000000360. The molecular weight excluding hydrogens is 427 g/mol. The fourth-order valence-corrected chi connectivity index (χ4v) is 3.35. The summed E-state index contributed by atoms with van der Waals surface area (Å²) in [6.45, 7) is 1.40. The minimum Gasteiger partial charge on any atom is -0.475 e. The number of H-pyrrole nitrogens is 1. The topological polar surface area (TPSA) is 124 Å². The van der Waals surface area contributed by atoms with Crippen molar-refractivity contribution >= 4 is 28.5 Å². The smallest absolute Gasteiger partial charge is 0.475 e. The highest BCUT2D eigenvalue weighted by Crippen LogP contribution is 2.22. The van der Waals surface area contributed by atoms with E-state index in [0.29, 0.717) is 6.54 Å². The monoisotopic (exact) mass is 449 g/mol. The molecule has 0 spiro atoms. The number of carbonyl (C=O) groups excluding carboxylic acids is 1. The third kappa shape index (κ3) is 5.76. The lowest BCUT2D eigenvalue weighted by molar-refractivity contribution is -0.192. The normalized spacial score (nSPS) is 16.9. The number of aromatic amines is 1. The van der Waals surface area contributed by atoms with Crippen molar-refractivity contribution in [2.75, 3.05) is 18.4 Å². The average molecular weight is 449 g/mol. The summed E-state index contributed by atoms with van der Waals surface area (Å²) in [5.41, 5.74) is 9.06. The number of fused-ring (bicyclic) bond motifs is 1. The number of halogens is 3. The second-order valence-corrected chi connectivity index (χ2v) is 7.28. The van der Waals surface area contributed by atoms with Gasteiger partial charge in [-0.3, -0.25) is 9.89 Å². The van der Waals surface area contributed by atoms with Crippen LogP contribution < -0.4 is 11.1 Å². The Labute approximate surface area is 181 Å². The molecule has 0 bridgehead atoms. The van der Waals surface area contributed by atoms with E-state index in [2.05, 4.69) is 21.6 Å². The standard InChI is InChI=1S/C19H21N5O.C2HF3O2/c20-18(13-4-2-1-3-5-13)19(25)24-9-8-16(12-24)22-15-6-7-17-14(10-15)11-21-23-17;3-2(4,5)1(6)7/h1-7,10-11,16,18,22H,8-9,12,20H2,(H,21,23);(H,6,7)/t16?,18-;/m1./s1. The van der Waals surface area contributed by atoms with E-state index in [4.69, 9.17) is 15.6 Å². The first-order valence-electron chi connectivity index (χ1n) is 9.74. The van der Waals surface area contributed by atoms with Crippen molar-refractivity contribution in [2.24, 2.45) is 5.73 Å². The van der Waals surface area contributed by atoms with E-state index >= 15 is 0 Å². The maximum atomic E-state index is 12.6. The van der Waals surface area contributed by atoms with Crippen LogP contribution in [0.3, 0.4) is 0 Å². The van der Waals surface area contributed by atoms with Gasteiger partial charge in [-0.05, 0) is 30.2 Å². The number of nitrogens with zero attached hydrogens (tertiary/aromatic N) is 2. The summed E-state index contributed by atoms with van der Waals surface area (Å²) in [5, 5.41) is 18.7. The number of benzene rings is 2. The molecular formula is C21H22F3N5O3. The van der Waals surface area contributed by atoms with Crippen LogP contribution in [0.5, 0.6) is 0 Å². The van der Waals surface area contributed by atoms with E-state index < -0.39 is 18.2 Å². The van der Waals surface area contributed by atoms with Gasteiger partial charge in [0.2, 0.25) is 5.91 Å². The molecule has 1 aromatic heterocycles. The van der Waals surface area contributed by atoms with Crippen LogP contribution in [0.2, 0.25) is 0 Å². The number of aliphatic carboxylic acids is 1. The summed E-state index contributed by atoms with van der Waals surface area (Å²) in [6.07, 6.45) is -2.36. The summed E-state index contributed by atoms with van der Waals surface area (Å²) < 4.78 is 31.7. The van der Waals surface area contributed by atoms with Crippen LogP contribution in [0.25, 0.3) is 10.9 Å². The molecule has 0 radical (unpaired) electrons. The van der Waals surface area contributed by atoms with Crippen molar-refractivity contribution in [2.45, 2.75) is 24.7 Å². The van der Waals surface area contributed by atoms with Crippen LogP contribution in [0.1, 0.15) is 18.0 Å². The molecule has 1 amide bonds. The molecule has 2 heterocycles. The van der Waals surface area contributed by atoms with E-state index in [1.54, 1.807) is 0 Å². The van der Waals surface area contributed by atoms with Gasteiger partial charge in [0.1, 0.15) is 6.04 Å². The van der Waals surface area contributed by atoms with Gasteiger partial charge in [0.05, 0.1) is 11.7 Å². The first kappa shape index (κ1) is 23.1. The second kappa shape index (κ2) is 9.69. The predicted octanol–water partition coefficient (Wildman–Crippen LogP) is 2.91. The number of alkyl halides is 3. The molecule has 32 heavy (non-hydrogen) atoms. The van der Waals surface area contributed by atoms with Crippen LogP contribution in [-0.2, 0) is 9.59 Å². The van der Waals surface area contributed by atoms with Crippen molar-refractivity contribution < 1.29 is 27.9 Å². The summed E-state index contributed by atoms with van der Waals surface area (Å²) in [6, 6.07) is 15.3. The Hall–Kier alpha value is -3.60. The number of anilines is 1. The van der Waals surface area contributed by atoms with E-state index in [-0.39, 0.29) is 11.9 Å². The Morgan fingerprint density at radius 2 is 1.91 bits per heavy atom. The van der Waals surface area contributed by atoms with Gasteiger partial charge in [0, 0.05) is 30.2 Å². The highest BCUT2D eigenvalue weighted by Gasteiger charge is 2.38. The molecule has 0 saturated carbocycles. The highest BCUT2D eigenvalue weighted by atomic mass is 19.4. The number of nitrogens with two attached hydrogens (primary N) is 1. The number of amides is 1. The van der Waals surface area contributed by atoms with Gasteiger partial charge in [-0.15, -0.1) is 0 Å². The Morgan fingerprint density at radius 1 is 1.22 bits per heavy atom. The van der Waals surface area contributed by atoms with Gasteiger partial charge in [0.25, 0.3) is 0 Å². The summed E-state index contributed by atoms with van der Waals surface area (Å²) >= 11 is 0. The third-order valence-electron chi connectivity index (χ3n) is 4.98. The van der Waals surface area contributed by atoms with Crippen LogP contribution in [0.15, 0.2) is 54.7 Å². The molecule has 4 rings (SSSR count). The zero-order chi connectivity index (χ0) is 23.3. The molecule has 1 saturated heterocycles. The first-order chi connectivity index (χ1) is 15.1. The number of nitrogens with one attached hydrogen (secondary N) is 2. The molecule has 5 N–H and O–H groups in total. The zero-order valence-corrected chi connectivity index (χ0v) is 16.8. The molecule has 2 atom stereocenters. The number of carbonyl (C=O) groups is 2. The van der Waals surface area contributed by atoms with Crippen molar-refractivity contribution in [3.63, 3.8) is 0 Å². The molecule has 1 fully saturated rings. The minimum absolute atomic E-state index is 0.0132. The third-order valence-corrected chi connectivity index (χ3v) is 4.98. The zero-order valence-electron chi connectivity index (χ0n) is 16.8. The van der Waals surface area contributed by atoms with Crippen LogP contribution >= 0.6 is 0 Å². The lowest BCUT2D eigenvalue weighted by Crippen LogP contribution is -2.38. The number of carboxylic acids is 1. The summed E-state index contributed by atoms with van der Waals surface area (Å²) in [7, 11) is 0. The van der Waals surface area contributed by atoms with Gasteiger partial charge in [-0.1, -0.05) is 30.3 Å². The van der Waals surface area contributed by atoms with Gasteiger partial charge in [-0.25, -0.2) is 4.79 Å². The van der Waals surface area contributed by atoms with Crippen LogP contribution in [0, 0.1) is 0 Å². The van der Waals surface area contributed by atoms with Gasteiger partial charge < -0.3 is 21.1 Å². The van der Waals surface area contributed by atoms with Crippen molar-refractivity contribution in [1.29, 1.82) is 0 Å². The molecule has 3 aromatic rings. The lowest BCUT2D eigenvalue weighted by atomic mass is 10.1. The van der Waals surface area contributed by atoms with Crippen molar-refractivity contribution in [1.82, 2.24) is 15.1 Å². The van der Waals surface area contributed by atoms with Crippen molar-refractivity contribution in [3.8, 4) is 0 Å². The molecule has 170 valence electrons. The molecule has 11 heteroatoms. The molecule has 2 aromatic carbocycles. The number of hydrogen-bond donors (Lipinski definition) is 4. The fraction of sp³-hybridized carbons (Fsp3) is 0.286. The average Bonchev–Trinajstić information content (AvgIpc) is 3.42. The SMILES string of the molecule is N[C@@H](C(=O)N1CCC(Nc2ccc3[nH]ncc3c2)C1)c1ccccc1.O=C(O)C(F)(F)F. The number of carboxylic acid groups (broad SMARTS) is 1. The number of aromatic nitrogens is 2. The maximum Gasteiger partial charge on any atom is 0.490 e. The van der Waals surface area contributed by atoms with E-state index in [9.17, 15) is 18.0 Å². The second-order valence-electron chi connectivity index (χ2n) is 7.28. The van der Waals surface area contributed by atoms with Crippen molar-refractivity contribution in [3.05, 3.63) is 60.3 Å². The van der Waals surface area contributed by atoms with Crippen LogP contribution in [0.4, 0.5) is 18.9 Å². The van der Waals surface area contributed by atoms with Gasteiger partial charge in [0.15, 0.2) is 0 Å². The Kier molecular flexibility index (Phi) is 6.98. The lowest BCUT2D eigenvalue weighted by Gasteiger charge is -2.21. The van der Waals surface area contributed by atoms with E-state index in [0.717, 1.165) is 35.1 Å². The molecule has 1 unspecified atom stereocenters. The maximum absolute atomic E-state index is 12.6. The Bertz CT molecular complexity index is 1070. The number of hydrogen-bond acceptors (Lipinski definition) is 5. The summed E-state index contributed by atoms with van der Waals surface area (Å²) in [5.74, 6) is -2.77. The summed E-state index contributed by atoms with van der Waals surface area (Å²) in [4.78, 5) is 23.4. The number of rotatable bonds is 4. The molecule has 8 nitrogen and oxygen atoms in total. The fourth-order valence-electron chi connectivity index (χ4n) is 3.35. The minimum atomic E-state index is -5.08. The predicted molar refractivity (Wildman–Crippen MR) is 112 cm³/mol. The van der Waals surface area contributed by atoms with E-state index in [1.807, 2.05) is 53.6 Å². The molecule has 1 aliphatic heterocycles.